The summed E-state index contributed by atoms with van der Waals surface area (Å²) in [7, 11) is 1.61. The van der Waals surface area contributed by atoms with Gasteiger partial charge >= 0.3 is 6.09 Å². The minimum absolute atomic E-state index is 0.274. The molecule has 0 fully saturated rings. The first-order valence-corrected chi connectivity index (χ1v) is 8.85. The second-order valence-electron chi connectivity index (χ2n) is 7.17. The van der Waals surface area contributed by atoms with Gasteiger partial charge in [0.1, 0.15) is 11.4 Å². The summed E-state index contributed by atoms with van der Waals surface area (Å²) in [5.74, 6) is 1.00. The summed E-state index contributed by atoms with van der Waals surface area (Å²) >= 11 is 0. The van der Waals surface area contributed by atoms with Crippen molar-refractivity contribution < 1.29 is 14.3 Å². The van der Waals surface area contributed by atoms with Crippen LogP contribution in [0, 0.1) is 0 Å². The molecule has 0 aromatic heterocycles. The number of nitrogens with one attached hydrogen (secondary N) is 2. The van der Waals surface area contributed by atoms with Gasteiger partial charge in [0.2, 0.25) is 0 Å². The maximum atomic E-state index is 12.2. The number of guanidine groups is 1. The molecule has 0 spiro atoms. The summed E-state index contributed by atoms with van der Waals surface area (Å²) in [6.07, 6.45) is 0.966. The number of hydrogen-bond donors (Lipinski definition) is 3. The standard InChI is InChI=1S/C19H32N4O3/c1-7-19(8-2,23-17(24)26-18(3,4)5)13-21-16(20)22-14-10-9-11-15(12-14)25-6/h9-12H,7-8,13H2,1-6H3,(H,23,24)(H3,20,21,22). The number of carbonyl (C=O) groups is 1. The molecule has 7 nitrogen and oxygen atoms in total. The maximum absolute atomic E-state index is 12.2. The van der Waals surface area contributed by atoms with E-state index in [0.717, 1.165) is 11.4 Å². The van der Waals surface area contributed by atoms with Crippen molar-refractivity contribution in [1.29, 1.82) is 0 Å². The quantitative estimate of drug-likeness (QED) is 0.508. The molecule has 0 aliphatic carbocycles. The van der Waals surface area contributed by atoms with Gasteiger partial charge in [-0.15, -0.1) is 0 Å². The Bertz CT molecular complexity index is 619. The first kappa shape index (κ1) is 21.6. The number of amides is 1. The molecule has 0 atom stereocenters. The molecular weight excluding hydrogens is 332 g/mol. The molecule has 7 heteroatoms. The Hall–Kier alpha value is -2.44. The van der Waals surface area contributed by atoms with Gasteiger partial charge < -0.3 is 25.8 Å². The number of methoxy groups -OCH3 is 1. The van der Waals surface area contributed by atoms with Crippen LogP contribution in [0.1, 0.15) is 47.5 Å². The number of benzene rings is 1. The molecule has 0 aliphatic heterocycles. The number of carbonyl (C=O) groups excluding carboxylic acids is 1. The van der Waals surface area contributed by atoms with E-state index in [4.69, 9.17) is 15.2 Å². The molecule has 146 valence electrons. The fraction of sp³-hybridized carbons (Fsp3) is 0.579. The molecule has 0 heterocycles. The van der Waals surface area contributed by atoms with Gasteiger partial charge in [-0.3, -0.25) is 4.99 Å². The molecule has 0 radical (unpaired) electrons. The van der Waals surface area contributed by atoms with Crippen LogP contribution >= 0.6 is 0 Å². The van der Waals surface area contributed by atoms with Gasteiger partial charge in [-0.1, -0.05) is 19.9 Å². The van der Waals surface area contributed by atoms with Gasteiger partial charge in [-0.2, -0.15) is 0 Å². The van der Waals surface area contributed by atoms with E-state index in [9.17, 15) is 4.79 Å². The number of ether oxygens (including phenoxy) is 2. The summed E-state index contributed by atoms with van der Waals surface area (Å²) in [5, 5.41) is 5.99. The Morgan fingerprint density at radius 2 is 1.88 bits per heavy atom. The molecule has 4 N–H and O–H groups in total. The molecule has 1 amide bonds. The Morgan fingerprint density at radius 1 is 1.23 bits per heavy atom. The van der Waals surface area contributed by atoms with E-state index < -0.39 is 17.2 Å². The van der Waals surface area contributed by atoms with Crippen molar-refractivity contribution in [3.63, 3.8) is 0 Å². The molecule has 26 heavy (non-hydrogen) atoms. The van der Waals surface area contributed by atoms with Crippen LogP contribution in [-0.2, 0) is 4.74 Å². The zero-order valence-electron chi connectivity index (χ0n) is 16.7. The van der Waals surface area contributed by atoms with Crippen LogP contribution in [0.5, 0.6) is 5.75 Å². The van der Waals surface area contributed by atoms with E-state index in [1.54, 1.807) is 7.11 Å². The molecule has 1 aromatic rings. The van der Waals surface area contributed by atoms with Crippen molar-refractivity contribution >= 4 is 17.7 Å². The normalized spacial score (nSPS) is 12.5. The van der Waals surface area contributed by atoms with Crippen molar-refractivity contribution in [3.8, 4) is 5.75 Å². The number of nitrogens with zero attached hydrogens (tertiary/aromatic N) is 1. The highest BCUT2D eigenvalue weighted by Gasteiger charge is 2.30. The Morgan fingerprint density at radius 3 is 2.42 bits per heavy atom. The topological polar surface area (TPSA) is 98.0 Å². The first-order chi connectivity index (χ1) is 12.1. The summed E-state index contributed by atoms with van der Waals surface area (Å²) < 4.78 is 10.6. The number of alkyl carbamates (subject to hydrolysis) is 1. The van der Waals surface area contributed by atoms with E-state index in [0.29, 0.717) is 19.4 Å². The first-order valence-electron chi connectivity index (χ1n) is 8.85. The van der Waals surface area contributed by atoms with Gasteiger partial charge in [0.15, 0.2) is 5.96 Å². The van der Waals surface area contributed by atoms with E-state index in [1.165, 1.54) is 0 Å². The molecule has 0 saturated heterocycles. The van der Waals surface area contributed by atoms with Crippen LogP contribution in [-0.4, -0.2) is 36.8 Å². The highest BCUT2D eigenvalue weighted by atomic mass is 16.6. The lowest BCUT2D eigenvalue weighted by Crippen LogP contribution is -2.52. The predicted octanol–water partition coefficient (Wildman–Crippen LogP) is 3.51. The Labute approximate surface area is 156 Å². The molecule has 1 rings (SSSR count). The third-order valence-corrected chi connectivity index (χ3v) is 4.01. The lowest BCUT2D eigenvalue weighted by atomic mass is 9.93. The number of rotatable bonds is 7. The van der Waals surface area contributed by atoms with E-state index in [-0.39, 0.29) is 5.96 Å². The van der Waals surface area contributed by atoms with Crippen LogP contribution in [0.3, 0.4) is 0 Å². The third kappa shape index (κ3) is 7.21. The van der Waals surface area contributed by atoms with Crippen molar-refractivity contribution in [1.82, 2.24) is 5.32 Å². The Kier molecular flexibility index (Phi) is 7.74. The van der Waals surface area contributed by atoms with Crippen molar-refractivity contribution in [2.24, 2.45) is 10.7 Å². The van der Waals surface area contributed by atoms with E-state index in [1.807, 2.05) is 58.9 Å². The third-order valence-electron chi connectivity index (χ3n) is 4.01. The predicted molar refractivity (Wildman–Crippen MR) is 106 cm³/mol. The van der Waals surface area contributed by atoms with Crippen LogP contribution in [0.25, 0.3) is 0 Å². The van der Waals surface area contributed by atoms with Gasteiger partial charge in [0.05, 0.1) is 19.2 Å². The molecule has 0 bridgehead atoms. The molecule has 0 saturated carbocycles. The highest BCUT2D eigenvalue weighted by molar-refractivity contribution is 5.92. The Balaban J connectivity index is 2.78. The maximum Gasteiger partial charge on any atom is 0.408 e. The fourth-order valence-electron chi connectivity index (χ4n) is 2.33. The molecule has 0 unspecified atom stereocenters. The number of hydrogen-bond acceptors (Lipinski definition) is 4. The lowest BCUT2D eigenvalue weighted by Gasteiger charge is -2.32. The number of anilines is 1. The van der Waals surface area contributed by atoms with Crippen LogP contribution in [0.2, 0.25) is 0 Å². The van der Waals surface area contributed by atoms with Crippen molar-refractivity contribution in [2.45, 2.75) is 58.6 Å². The zero-order valence-corrected chi connectivity index (χ0v) is 16.7. The average Bonchev–Trinajstić information content (AvgIpc) is 2.57. The van der Waals surface area contributed by atoms with Gasteiger partial charge in [0, 0.05) is 11.8 Å². The minimum Gasteiger partial charge on any atom is -0.497 e. The van der Waals surface area contributed by atoms with Crippen LogP contribution in [0.15, 0.2) is 29.3 Å². The average molecular weight is 364 g/mol. The SMILES string of the molecule is CCC(CC)(CN=C(N)Nc1cccc(OC)c1)NC(=O)OC(C)(C)C. The van der Waals surface area contributed by atoms with Gasteiger partial charge in [-0.25, -0.2) is 4.79 Å². The summed E-state index contributed by atoms with van der Waals surface area (Å²) in [5.41, 5.74) is 5.72. The molecular formula is C19H32N4O3. The lowest BCUT2D eigenvalue weighted by molar-refractivity contribution is 0.0452. The smallest absolute Gasteiger partial charge is 0.408 e. The highest BCUT2D eigenvalue weighted by Crippen LogP contribution is 2.19. The second-order valence-corrected chi connectivity index (χ2v) is 7.17. The second kappa shape index (κ2) is 9.31. The van der Waals surface area contributed by atoms with E-state index in [2.05, 4.69) is 15.6 Å². The molecule has 0 aliphatic rings. The summed E-state index contributed by atoms with van der Waals surface area (Å²) in [6, 6.07) is 7.41. The van der Waals surface area contributed by atoms with Crippen molar-refractivity contribution in [2.75, 3.05) is 19.0 Å². The number of nitrogens with two attached hydrogens (primary N) is 1. The van der Waals surface area contributed by atoms with E-state index >= 15 is 0 Å². The number of aliphatic imine (C=N–C) groups is 1. The summed E-state index contributed by atoms with van der Waals surface area (Å²) in [6.45, 7) is 9.85. The molecule has 1 aromatic carbocycles. The summed E-state index contributed by atoms with van der Waals surface area (Å²) in [4.78, 5) is 16.6. The monoisotopic (exact) mass is 364 g/mol. The minimum atomic E-state index is -0.548. The van der Waals surface area contributed by atoms with Crippen LogP contribution < -0.4 is 21.1 Å². The fourth-order valence-corrected chi connectivity index (χ4v) is 2.33. The largest absolute Gasteiger partial charge is 0.497 e. The van der Waals surface area contributed by atoms with Gasteiger partial charge in [0.25, 0.3) is 0 Å². The van der Waals surface area contributed by atoms with Crippen molar-refractivity contribution in [3.05, 3.63) is 24.3 Å². The zero-order chi connectivity index (χ0) is 19.8. The van der Waals surface area contributed by atoms with Crippen LogP contribution in [0.4, 0.5) is 10.5 Å². The van der Waals surface area contributed by atoms with Gasteiger partial charge in [-0.05, 0) is 45.7 Å².